The molecule has 0 atom stereocenters. The van der Waals surface area contributed by atoms with Crippen LogP contribution in [-0.2, 0) is 11.2 Å². The first kappa shape index (κ1) is 18.3. The van der Waals surface area contributed by atoms with Crippen LogP contribution in [0.3, 0.4) is 0 Å². The zero-order chi connectivity index (χ0) is 18.5. The Hall–Kier alpha value is -2.54. The van der Waals surface area contributed by atoms with Crippen molar-refractivity contribution in [3.8, 4) is 11.3 Å². The van der Waals surface area contributed by atoms with Crippen LogP contribution in [0.4, 0.5) is 10.2 Å². The van der Waals surface area contributed by atoms with Crippen molar-refractivity contribution in [2.75, 3.05) is 11.4 Å². The van der Waals surface area contributed by atoms with E-state index in [1.54, 1.807) is 35.4 Å². The van der Waals surface area contributed by atoms with Crippen LogP contribution in [0, 0.1) is 5.82 Å². The lowest BCUT2D eigenvalue weighted by Crippen LogP contribution is -2.31. The molecule has 0 aliphatic rings. The number of halogens is 2. The highest BCUT2D eigenvalue weighted by Crippen LogP contribution is 2.24. The zero-order valence-corrected chi connectivity index (χ0v) is 15.7. The molecular formula is C19H17BrFN3O2. The topological polar surface area (TPSA) is 59.2 Å². The van der Waals surface area contributed by atoms with E-state index in [-0.39, 0.29) is 18.1 Å². The zero-order valence-electron chi connectivity index (χ0n) is 14.2. The summed E-state index contributed by atoms with van der Waals surface area (Å²) in [6, 6.07) is 9.97. The Kier molecular flexibility index (Phi) is 5.78. The molecule has 0 fully saturated rings. The van der Waals surface area contributed by atoms with Crippen LogP contribution in [0.2, 0.25) is 0 Å². The molecule has 0 radical (unpaired) electrons. The summed E-state index contributed by atoms with van der Waals surface area (Å²) in [6.07, 6.45) is 3.69. The van der Waals surface area contributed by atoms with Gasteiger partial charge in [0.2, 0.25) is 5.91 Å². The standard InChI is InChI=1S/C19H17BrFN3O2/c1-2-24(17-8-7-13(20)11-22-17)19(25)10-9-18-23-12-16(26-18)14-5-3-4-6-15(14)21/h3-8,11-12H,2,9-10H2,1H3. The van der Waals surface area contributed by atoms with Crippen molar-refractivity contribution in [3.63, 3.8) is 0 Å². The predicted molar refractivity (Wildman–Crippen MR) is 100 cm³/mol. The van der Waals surface area contributed by atoms with E-state index in [9.17, 15) is 9.18 Å². The number of benzene rings is 1. The molecular weight excluding hydrogens is 401 g/mol. The van der Waals surface area contributed by atoms with E-state index in [0.29, 0.717) is 36.0 Å². The van der Waals surface area contributed by atoms with Crippen molar-refractivity contribution in [1.29, 1.82) is 0 Å². The van der Waals surface area contributed by atoms with Crippen LogP contribution in [0.15, 0.2) is 57.7 Å². The van der Waals surface area contributed by atoms with Crippen molar-refractivity contribution in [1.82, 2.24) is 9.97 Å². The number of carbonyl (C=O) groups excluding carboxylic acids is 1. The van der Waals surface area contributed by atoms with Crippen molar-refractivity contribution in [3.05, 3.63) is 65.0 Å². The van der Waals surface area contributed by atoms with Gasteiger partial charge in [0.15, 0.2) is 11.7 Å². The number of oxazole rings is 1. The Balaban J connectivity index is 1.66. The third-order valence-corrected chi connectivity index (χ3v) is 4.32. The van der Waals surface area contributed by atoms with Gasteiger partial charge in [0, 0.05) is 30.1 Å². The predicted octanol–water partition coefficient (Wildman–Crippen LogP) is 4.62. The molecule has 0 unspecified atom stereocenters. The van der Waals surface area contributed by atoms with Crippen molar-refractivity contribution < 1.29 is 13.6 Å². The maximum Gasteiger partial charge on any atom is 0.228 e. The van der Waals surface area contributed by atoms with Crippen molar-refractivity contribution in [2.24, 2.45) is 0 Å². The Morgan fingerprint density at radius 1 is 1.19 bits per heavy atom. The van der Waals surface area contributed by atoms with Gasteiger partial charge in [-0.1, -0.05) is 12.1 Å². The summed E-state index contributed by atoms with van der Waals surface area (Å²) in [5.41, 5.74) is 0.354. The van der Waals surface area contributed by atoms with E-state index < -0.39 is 0 Å². The van der Waals surface area contributed by atoms with E-state index in [0.717, 1.165) is 4.47 Å². The number of nitrogens with zero attached hydrogens (tertiary/aromatic N) is 3. The highest BCUT2D eigenvalue weighted by molar-refractivity contribution is 9.10. The molecule has 26 heavy (non-hydrogen) atoms. The van der Waals surface area contributed by atoms with E-state index in [2.05, 4.69) is 25.9 Å². The SMILES string of the molecule is CCN(C(=O)CCc1ncc(-c2ccccc2F)o1)c1ccc(Br)cn1. The number of hydrogen-bond acceptors (Lipinski definition) is 4. The molecule has 0 N–H and O–H groups in total. The van der Waals surface area contributed by atoms with E-state index in [4.69, 9.17) is 4.42 Å². The fraction of sp³-hybridized carbons (Fsp3) is 0.211. The lowest BCUT2D eigenvalue weighted by molar-refractivity contribution is -0.118. The van der Waals surface area contributed by atoms with E-state index in [1.165, 1.54) is 12.3 Å². The van der Waals surface area contributed by atoms with Gasteiger partial charge < -0.3 is 4.42 Å². The molecule has 0 aliphatic carbocycles. The molecule has 0 saturated carbocycles. The van der Waals surface area contributed by atoms with Crippen molar-refractivity contribution in [2.45, 2.75) is 19.8 Å². The largest absolute Gasteiger partial charge is 0.441 e. The minimum Gasteiger partial charge on any atom is -0.441 e. The first-order valence-corrected chi connectivity index (χ1v) is 8.99. The summed E-state index contributed by atoms with van der Waals surface area (Å²) in [6.45, 7) is 2.41. The first-order valence-electron chi connectivity index (χ1n) is 8.20. The summed E-state index contributed by atoms with van der Waals surface area (Å²) >= 11 is 3.33. The summed E-state index contributed by atoms with van der Waals surface area (Å²) in [4.78, 5) is 22.5. The number of hydrogen-bond donors (Lipinski definition) is 0. The van der Waals surface area contributed by atoms with Crippen molar-refractivity contribution >= 4 is 27.7 Å². The Bertz CT molecular complexity index is 896. The molecule has 0 aliphatic heterocycles. The smallest absolute Gasteiger partial charge is 0.228 e. The van der Waals surface area contributed by atoms with Crippen LogP contribution >= 0.6 is 15.9 Å². The lowest BCUT2D eigenvalue weighted by Gasteiger charge is -2.19. The summed E-state index contributed by atoms with van der Waals surface area (Å²) in [5, 5.41) is 0. The maximum atomic E-state index is 13.8. The quantitative estimate of drug-likeness (QED) is 0.586. The Morgan fingerprint density at radius 3 is 2.69 bits per heavy atom. The molecule has 3 aromatic rings. The Labute approximate surface area is 159 Å². The van der Waals surface area contributed by atoms with Crippen LogP contribution in [0.1, 0.15) is 19.2 Å². The second-order valence-corrected chi connectivity index (χ2v) is 6.49. The van der Waals surface area contributed by atoms with Crippen LogP contribution < -0.4 is 4.90 Å². The van der Waals surface area contributed by atoms with Gasteiger partial charge in [-0.15, -0.1) is 0 Å². The minimum atomic E-state index is -0.371. The van der Waals surface area contributed by atoms with Gasteiger partial charge in [0.1, 0.15) is 11.6 Å². The van der Waals surface area contributed by atoms with Gasteiger partial charge in [-0.3, -0.25) is 9.69 Å². The van der Waals surface area contributed by atoms with Gasteiger partial charge in [0.25, 0.3) is 0 Å². The van der Waals surface area contributed by atoms with Crippen LogP contribution in [0.5, 0.6) is 0 Å². The third kappa shape index (κ3) is 4.16. The molecule has 1 aromatic carbocycles. The molecule has 1 amide bonds. The van der Waals surface area contributed by atoms with Gasteiger partial charge in [0.05, 0.1) is 11.8 Å². The molecule has 0 spiro atoms. The fourth-order valence-corrected chi connectivity index (χ4v) is 2.79. The minimum absolute atomic E-state index is 0.0760. The molecule has 5 nitrogen and oxygen atoms in total. The number of carbonyl (C=O) groups is 1. The highest BCUT2D eigenvalue weighted by atomic mass is 79.9. The average Bonchev–Trinajstić information content (AvgIpc) is 3.11. The van der Waals surface area contributed by atoms with Crippen LogP contribution in [-0.4, -0.2) is 22.4 Å². The third-order valence-electron chi connectivity index (χ3n) is 3.85. The van der Waals surface area contributed by atoms with Gasteiger partial charge in [-0.2, -0.15) is 0 Å². The number of rotatable bonds is 6. The summed E-state index contributed by atoms with van der Waals surface area (Å²) in [5.74, 6) is 0.904. The summed E-state index contributed by atoms with van der Waals surface area (Å²) < 4.78 is 20.3. The first-order chi connectivity index (χ1) is 12.6. The summed E-state index contributed by atoms with van der Waals surface area (Å²) in [7, 11) is 0. The molecule has 0 bridgehead atoms. The normalized spacial score (nSPS) is 10.7. The number of pyridine rings is 1. The molecule has 0 saturated heterocycles. The number of aromatic nitrogens is 2. The van der Waals surface area contributed by atoms with Gasteiger partial charge >= 0.3 is 0 Å². The van der Waals surface area contributed by atoms with Gasteiger partial charge in [-0.05, 0) is 47.1 Å². The van der Waals surface area contributed by atoms with Crippen LogP contribution in [0.25, 0.3) is 11.3 Å². The monoisotopic (exact) mass is 417 g/mol. The van der Waals surface area contributed by atoms with Gasteiger partial charge in [-0.25, -0.2) is 14.4 Å². The number of amides is 1. The fourth-order valence-electron chi connectivity index (χ4n) is 2.55. The van der Waals surface area contributed by atoms with E-state index >= 15 is 0 Å². The molecule has 3 rings (SSSR count). The maximum absolute atomic E-state index is 13.8. The lowest BCUT2D eigenvalue weighted by atomic mass is 10.2. The average molecular weight is 418 g/mol. The second kappa shape index (κ2) is 8.23. The number of aryl methyl sites for hydroxylation is 1. The highest BCUT2D eigenvalue weighted by Gasteiger charge is 2.17. The number of anilines is 1. The second-order valence-electron chi connectivity index (χ2n) is 5.57. The molecule has 7 heteroatoms. The molecule has 2 heterocycles. The molecule has 134 valence electrons. The molecule has 2 aromatic heterocycles. The Morgan fingerprint density at radius 2 is 2.00 bits per heavy atom. The van der Waals surface area contributed by atoms with E-state index in [1.807, 2.05) is 13.0 Å².